The summed E-state index contributed by atoms with van der Waals surface area (Å²) in [7, 11) is 0. The first kappa shape index (κ1) is 38.5. The third kappa shape index (κ3) is 3.64. The molecule has 0 aromatic carbocycles. The predicted molar refractivity (Wildman–Crippen MR) is 213 cm³/mol. The number of rotatable bonds is 0. The molecule has 18 aliphatic rings. The van der Waals surface area contributed by atoms with Crippen LogP contribution in [0, 0.1) is 0 Å². The second-order valence-corrected chi connectivity index (χ2v) is 21.5. The Morgan fingerprint density at radius 2 is 0.347 bits per heavy atom. The summed E-state index contributed by atoms with van der Waals surface area (Å²) < 4.78 is 0. The highest BCUT2D eigenvalue weighted by atomic mass is 16.3. The van der Waals surface area contributed by atoms with Crippen LogP contribution in [0.3, 0.4) is 0 Å². The molecule has 18 rings (SSSR count). The summed E-state index contributed by atoms with van der Waals surface area (Å²) in [5.41, 5.74) is 0. The van der Waals surface area contributed by atoms with Crippen molar-refractivity contribution in [2.45, 2.75) is 74.0 Å². The Morgan fingerprint density at radius 1 is 0.167 bits per heavy atom. The van der Waals surface area contributed by atoms with Gasteiger partial charge >= 0.3 is 72.4 Å². The molecular formula is C36H36N24O12. The number of urea groups is 12. The molecule has 36 nitrogen and oxygen atoms in total. The summed E-state index contributed by atoms with van der Waals surface area (Å²) in [5, 5.41) is 0. The van der Waals surface area contributed by atoms with Crippen molar-refractivity contribution in [2.75, 3.05) is 80.0 Å². The Balaban J connectivity index is 0.836. The van der Waals surface area contributed by atoms with E-state index in [9.17, 15) is 0 Å². The third-order valence-electron chi connectivity index (χ3n) is 18.6. The zero-order valence-electron chi connectivity index (χ0n) is 37.0. The lowest BCUT2D eigenvalue weighted by atomic mass is 10.2. The molecule has 12 atom stereocenters. The van der Waals surface area contributed by atoms with Crippen LogP contribution in [-0.4, -0.2) is 344 Å². The highest BCUT2D eigenvalue weighted by Crippen LogP contribution is 2.51. The zero-order chi connectivity index (χ0) is 48.2. The van der Waals surface area contributed by atoms with Gasteiger partial charge in [0.1, 0.15) is 68.3 Å². The number of carbonyl (C=O) groups excluding carboxylic acids is 12. The molecule has 72 heavy (non-hydrogen) atoms. The first-order valence-electron chi connectivity index (χ1n) is 23.6. The molecule has 36 heteroatoms. The van der Waals surface area contributed by atoms with E-state index in [1.807, 2.05) is 34.3 Å². The smallest absolute Gasteiger partial charge is 0.287 e. The lowest BCUT2D eigenvalue weighted by Crippen LogP contribution is -2.64. The Kier molecular flexibility index (Phi) is 6.09. The van der Waals surface area contributed by atoms with Crippen LogP contribution in [0.15, 0.2) is 0 Å². The van der Waals surface area contributed by atoms with Crippen molar-refractivity contribution in [3.05, 3.63) is 0 Å². The van der Waals surface area contributed by atoms with Crippen LogP contribution in [0.4, 0.5) is 57.5 Å². The lowest BCUT2D eigenvalue weighted by Gasteiger charge is -2.41. The third-order valence-corrected chi connectivity index (χ3v) is 18.6. The summed E-state index contributed by atoms with van der Waals surface area (Å²) in [4.78, 5) is 214. The van der Waals surface area contributed by atoms with Gasteiger partial charge in [0.2, 0.25) is 0 Å². The minimum atomic E-state index is -1.35. The molecule has 18 saturated heterocycles. The van der Waals surface area contributed by atoms with Gasteiger partial charge in [-0.2, -0.15) is 0 Å². The van der Waals surface area contributed by atoms with Crippen LogP contribution in [0.25, 0.3) is 0 Å². The minimum absolute atomic E-state index is 0.00164. The fourth-order valence-electron chi connectivity index (χ4n) is 16.2. The van der Waals surface area contributed by atoms with Gasteiger partial charge in [-0.3, -0.25) is 58.8 Å². The SMILES string of the molecule is O=C1N2CN3CN4CN5CN6CN7CN8CN9CN%10CN%11CN%12CN1C1C2N2CN%13C(=O)N(C(=O)N%14C(=O)N(C(=O)N%15C(=O)N(C(=O)N%16C(=O)N(C(=O)N%17C(=O)N(C(=O)N1C2=O)C%12C%11%17)C%10C9%16)C8C7%15)C6C5%14)C4C3%13. The van der Waals surface area contributed by atoms with E-state index >= 15 is 57.5 Å². The highest BCUT2D eigenvalue weighted by Gasteiger charge is 2.77. The fourth-order valence-corrected chi connectivity index (χ4v) is 16.2. The zero-order valence-corrected chi connectivity index (χ0v) is 37.0. The molecule has 18 fully saturated rings. The van der Waals surface area contributed by atoms with Gasteiger partial charge < -0.3 is 0 Å². The number of hydrogen-bond acceptors (Lipinski definition) is 22. The van der Waals surface area contributed by atoms with Gasteiger partial charge in [-0.15, -0.1) is 0 Å². The molecule has 0 aliphatic carbocycles. The van der Waals surface area contributed by atoms with E-state index < -0.39 is 153 Å². The van der Waals surface area contributed by atoms with Crippen LogP contribution in [0.1, 0.15) is 0 Å². The summed E-state index contributed by atoms with van der Waals surface area (Å²) >= 11 is 0. The predicted octanol–water partition coefficient (Wildman–Crippen LogP) is -5.66. The van der Waals surface area contributed by atoms with E-state index in [2.05, 4.69) is 0 Å². The number of nitrogens with zero attached hydrogens (tertiary/aromatic N) is 24. The molecule has 18 heterocycles. The quantitative estimate of drug-likeness (QED) is 0.219. The Morgan fingerprint density at radius 3 is 0.639 bits per heavy atom. The normalized spacial score (nSPS) is 42.8. The second kappa shape index (κ2) is 11.4. The van der Waals surface area contributed by atoms with Crippen LogP contribution in [-0.2, 0) is 0 Å². The van der Waals surface area contributed by atoms with Gasteiger partial charge in [0.15, 0.2) is 12.3 Å². The molecule has 0 radical (unpaired) electrons. The van der Waals surface area contributed by atoms with Crippen molar-refractivity contribution in [1.82, 2.24) is 118 Å². The number of imide groups is 10. The van der Waals surface area contributed by atoms with Crippen LogP contribution < -0.4 is 0 Å². The fraction of sp³-hybridized carbons (Fsp3) is 0.667. The molecule has 18 aliphatic heterocycles. The van der Waals surface area contributed by atoms with Gasteiger partial charge in [-0.25, -0.2) is 116 Å². The van der Waals surface area contributed by atoms with Crippen LogP contribution >= 0.6 is 0 Å². The molecule has 0 N–H and O–H groups in total. The minimum Gasteiger partial charge on any atom is -0.287 e. The summed E-state index contributed by atoms with van der Waals surface area (Å²) in [6, 6.07) is -12.8. The lowest BCUT2D eigenvalue weighted by molar-refractivity contribution is -0.0180. The van der Waals surface area contributed by atoms with Crippen molar-refractivity contribution in [2.24, 2.45) is 0 Å². The van der Waals surface area contributed by atoms with Gasteiger partial charge in [0.05, 0.1) is 73.4 Å². The second-order valence-electron chi connectivity index (χ2n) is 21.5. The molecule has 0 saturated carbocycles. The Labute approximate surface area is 401 Å². The molecule has 0 aromatic heterocycles. The molecule has 0 bridgehead atoms. The average molecular weight is 997 g/mol. The maximum absolute atomic E-state index is 15.3. The molecule has 0 spiro atoms. The molecule has 24 amide bonds. The maximum atomic E-state index is 15.3. The van der Waals surface area contributed by atoms with E-state index in [0.29, 0.717) is 0 Å². The van der Waals surface area contributed by atoms with Crippen LogP contribution in [0.5, 0.6) is 0 Å². The molecular weight excluding hydrogens is 961 g/mol. The summed E-state index contributed by atoms with van der Waals surface area (Å²) in [6.45, 7) is -0.669. The maximum Gasteiger partial charge on any atom is 0.339 e. The largest absolute Gasteiger partial charge is 0.339 e. The number of hydrogen-bond donors (Lipinski definition) is 0. The first-order chi connectivity index (χ1) is 34.7. The average Bonchev–Trinajstić information content (AvgIpc) is 4.22. The van der Waals surface area contributed by atoms with E-state index in [-0.39, 0.29) is 73.4 Å². The van der Waals surface area contributed by atoms with E-state index in [0.717, 1.165) is 49.0 Å². The molecule has 0 aromatic rings. The van der Waals surface area contributed by atoms with Crippen molar-refractivity contribution < 1.29 is 57.5 Å². The first-order valence-corrected chi connectivity index (χ1v) is 23.6. The Bertz CT molecular complexity index is 2970. The molecule has 12 unspecified atom stereocenters. The van der Waals surface area contributed by atoms with E-state index in [1.165, 1.54) is 19.6 Å². The van der Waals surface area contributed by atoms with Gasteiger partial charge in [-0.1, -0.05) is 0 Å². The van der Waals surface area contributed by atoms with Crippen molar-refractivity contribution in [1.29, 1.82) is 0 Å². The van der Waals surface area contributed by atoms with Gasteiger partial charge in [0, 0.05) is 0 Å². The van der Waals surface area contributed by atoms with E-state index in [4.69, 9.17) is 0 Å². The van der Waals surface area contributed by atoms with Crippen molar-refractivity contribution in [3.8, 4) is 0 Å². The topological polar surface area (TPSA) is 283 Å². The number of amides is 24. The standard InChI is InChI=1S/C36H36N24O12/c61-25-47-10-45-8-37-1-38-2-39-3-40-4-41-5-42-6-43-7-44-9-46-11-48(25)24-23(47)50-12-49-13(45)14(37)51(26(49)62)28(64)52-15(38)16(39)53(29(52)65)30(66)54-17(40)18(41)55(31(54)67)32(68)56-19(42)20(43)57(33(56)69)34(70)58-21(44)22(46)59(35(58)71)36(72)60(24)27(50)63/h13-24H,1-12H2. The van der Waals surface area contributed by atoms with Crippen molar-refractivity contribution >= 4 is 72.4 Å². The summed E-state index contributed by atoms with van der Waals surface area (Å²) in [5.74, 6) is 0. The highest BCUT2D eigenvalue weighted by molar-refractivity contribution is 6.16. The van der Waals surface area contributed by atoms with E-state index in [1.54, 1.807) is 14.7 Å². The number of carbonyl (C=O) groups is 12. The monoisotopic (exact) mass is 996 g/mol. The van der Waals surface area contributed by atoms with Crippen molar-refractivity contribution in [3.63, 3.8) is 0 Å². The van der Waals surface area contributed by atoms with Gasteiger partial charge in [-0.05, 0) is 0 Å². The van der Waals surface area contributed by atoms with Crippen LogP contribution in [0.2, 0.25) is 0 Å². The Hall–Kier alpha value is -7.16. The van der Waals surface area contributed by atoms with Gasteiger partial charge in [0.25, 0.3) is 0 Å². The summed E-state index contributed by atoms with van der Waals surface area (Å²) in [6.07, 6.45) is -14.5. The molecule has 372 valence electrons.